The lowest BCUT2D eigenvalue weighted by atomic mass is 10.0. The van der Waals surface area contributed by atoms with Crippen molar-refractivity contribution in [3.8, 4) is 0 Å². The third-order valence-electron chi connectivity index (χ3n) is 2.85. The van der Waals surface area contributed by atoms with E-state index in [1.54, 1.807) is 0 Å². The van der Waals surface area contributed by atoms with Crippen LogP contribution in [-0.4, -0.2) is 10.8 Å². The Balaban J connectivity index is 2.97. The van der Waals surface area contributed by atoms with Crippen molar-refractivity contribution in [2.75, 3.05) is 0 Å². The van der Waals surface area contributed by atoms with E-state index >= 15 is 0 Å². The number of nitrogens with one attached hydrogen (secondary N) is 1. The van der Waals surface area contributed by atoms with Crippen LogP contribution in [0.2, 0.25) is 0 Å². The average Bonchev–Trinajstić information content (AvgIpc) is 2.25. The lowest BCUT2D eigenvalue weighted by Crippen LogP contribution is -2.09. The molecule has 0 fully saturated rings. The Labute approximate surface area is 107 Å². The van der Waals surface area contributed by atoms with Crippen molar-refractivity contribution in [3.05, 3.63) is 43.6 Å². The van der Waals surface area contributed by atoms with Crippen LogP contribution in [0.3, 0.4) is 0 Å². The van der Waals surface area contributed by atoms with Crippen LogP contribution >= 0.6 is 15.9 Å². The number of H-pyrrole nitrogens is 1. The van der Waals surface area contributed by atoms with E-state index in [4.69, 9.17) is 0 Å². The number of Topliss-reactive ketones (excluding diaryl/α,β-unsaturated/α-hetero) is 1. The number of carbonyl (C=O) groups excluding carboxylic acids is 1. The van der Waals surface area contributed by atoms with E-state index in [0.717, 1.165) is 15.6 Å². The maximum atomic E-state index is 12.0. The molecule has 2 aromatic rings. The van der Waals surface area contributed by atoms with Crippen molar-refractivity contribution in [1.82, 2.24) is 4.98 Å². The average molecular weight is 294 g/mol. The van der Waals surface area contributed by atoms with Crippen molar-refractivity contribution < 1.29 is 4.79 Å². The number of benzene rings is 1. The highest BCUT2D eigenvalue weighted by Gasteiger charge is 2.11. The van der Waals surface area contributed by atoms with Gasteiger partial charge in [-0.05, 0) is 31.0 Å². The van der Waals surface area contributed by atoms with Crippen LogP contribution in [0.15, 0.2) is 21.4 Å². The van der Waals surface area contributed by atoms with Crippen LogP contribution in [0.5, 0.6) is 0 Å². The van der Waals surface area contributed by atoms with E-state index in [0.29, 0.717) is 16.6 Å². The molecule has 1 aromatic carbocycles. The molecule has 4 heteroatoms. The summed E-state index contributed by atoms with van der Waals surface area (Å²) in [7, 11) is 0. The zero-order valence-corrected chi connectivity index (χ0v) is 11.4. The molecule has 0 amide bonds. The molecule has 0 bridgehead atoms. The molecular formula is C13H12BrNO2. The van der Waals surface area contributed by atoms with Crippen molar-refractivity contribution in [3.63, 3.8) is 0 Å². The lowest BCUT2D eigenvalue weighted by molar-refractivity contribution is 0.101. The number of rotatable bonds is 1. The van der Waals surface area contributed by atoms with Gasteiger partial charge in [-0.1, -0.05) is 15.9 Å². The quantitative estimate of drug-likeness (QED) is 0.822. The molecule has 1 heterocycles. The molecule has 1 N–H and O–H groups in total. The second kappa shape index (κ2) is 4.11. The maximum Gasteiger partial charge on any atom is 0.190 e. The topological polar surface area (TPSA) is 49.9 Å². The van der Waals surface area contributed by atoms with E-state index in [1.165, 1.54) is 13.0 Å². The number of pyridine rings is 1. The molecule has 0 saturated heterocycles. The molecule has 0 radical (unpaired) electrons. The molecule has 2 rings (SSSR count). The molecule has 0 aliphatic heterocycles. The summed E-state index contributed by atoms with van der Waals surface area (Å²) < 4.78 is 0.936. The zero-order valence-electron chi connectivity index (χ0n) is 9.85. The molecule has 0 spiro atoms. The van der Waals surface area contributed by atoms with Gasteiger partial charge in [0.15, 0.2) is 11.2 Å². The van der Waals surface area contributed by atoms with E-state index in [9.17, 15) is 9.59 Å². The molecule has 17 heavy (non-hydrogen) atoms. The Bertz CT molecular complexity index is 686. The summed E-state index contributed by atoms with van der Waals surface area (Å²) in [5, 5.41) is 0.632. The first-order chi connectivity index (χ1) is 7.91. The summed E-state index contributed by atoms with van der Waals surface area (Å²) in [5.41, 5.74) is 2.87. The summed E-state index contributed by atoms with van der Waals surface area (Å²) in [6.45, 7) is 5.28. The van der Waals surface area contributed by atoms with E-state index in [2.05, 4.69) is 20.9 Å². The standard InChI is InChI=1S/C13H12BrNO2/c1-6-4-10-12(7(2)13(6)14)11(17)5-9(15-10)8(3)16/h4-5H,1-3H3,(H,15,17). The summed E-state index contributed by atoms with van der Waals surface area (Å²) in [6.07, 6.45) is 0. The van der Waals surface area contributed by atoms with E-state index in [1.807, 2.05) is 19.9 Å². The van der Waals surface area contributed by atoms with Gasteiger partial charge in [0, 0.05) is 22.8 Å². The highest BCUT2D eigenvalue weighted by Crippen LogP contribution is 2.26. The molecule has 3 nitrogen and oxygen atoms in total. The third kappa shape index (κ3) is 1.93. The first-order valence-corrected chi connectivity index (χ1v) is 6.04. The predicted molar refractivity (Wildman–Crippen MR) is 71.7 cm³/mol. The van der Waals surface area contributed by atoms with E-state index in [-0.39, 0.29) is 11.2 Å². The van der Waals surface area contributed by atoms with Crippen molar-refractivity contribution in [2.24, 2.45) is 0 Å². The fraction of sp³-hybridized carbons (Fsp3) is 0.231. The number of aromatic nitrogens is 1. The largest absolute Gasteiger partial charge is 0.352 e. The van der Waals surface area contributed by atoms with Crippen LogP contribution in [-0.2, 0) is 0 Å². The van der Waals surface area contributed by atoms with Gasteiger partial charge < -0.3 is 4.98 Å². The van der Waals surface area contributed by atoms with E-state index < -0.39 is 0 Å². The Kier molecular flexibility index (Phi) is 2.91. The second-order valence-corrected chi connectivity index (χ2v) is 4.95. The number of hydrogen-bond donors (Lipinski definition) is 1. The fourth-order valence-corrected chi connectivity index (χ4v) is 2.26. The minimum absolute atomic E-state index is 0.123. The number of hydrogen-bond acceptors (Lipinski definition) is 2. The molecule has 0 saturated carbocycles. The Morgan fingerprint density at radius 2 is 1.94 bits per heavy atom. The monoisotopic (exact) mass is 293 g/mol. The minimum Gasteiger partial charge on any atom is -0.352 e. The van der Waals surface area contributed by atoms with Crippen molar-refractivity contribution in [2.45, 2.75) is 20.8 Å². The predicted octanol–water partition coefficient (Wildman–Crippen LogP) is 3.11. The summed E-state index contributed by atoms with van der Waals surface area (Å²) in [5.74, 6) is -0.137. The number of fused-ring (bicyclic) bond motifs is 1. The van der Waals surface area contributed by atoms with Gasteiger partial charge in [0.05, 0.1) is 11.2 Å². The maximum absolute atomic E-state index is 12.0. The molecule has 0 aliphatic rings. The van der Waals surface area contributed by atoms with Crippen LogP contribution in [0, 0.1) is 13.8 Å². The lowest BCUT2D eigenvalue weighted by Gasteiger charge is -2.08. The van der Waals surface area contributed by atoms with Gasteiger partial charge in [0.1, 0.15) is 0 Å². The van der Waals surface area contributed by atoms with Gasteiger partial charge in [-0.15, -0.1) is 0 Å². The molecular weight excluding hydrogens is 282 g/mol. The molecule has 0 atom stereocenters. The van der Waals surface area contributed by atoms with Crippen LogP contribution in [0.1, 0.15) is 28.5 Å². The Morgan fingerprint density at radius 3 is 2.53 bits per heavy atom. The molecule has 88 valence electrons. The molecule has 0 unspecified atom stereocenters. The smallest absolute Gasteiger partial charge is 0.190 e. The Hall–Kier alpha value is -1.42. The van der Waals surface area contributed by atoms with Gasteiger partial charge in [-0.25, -0.2) is 0 Å². The third-order valence-corrected chi connectivity index (χ3v) is 4.07. The van der Waals surface area contributed by atoms with Gasteiger partial charge in [-0.3, -0.25) is 9.59 Å². The normalized spacial score (nSPS) is 10.8. The van der Waals surface area contributed by atoms with Crippen LogP contribution in [0.4, 0.5) is 0 Å². The molecule has 1 aromatic heterocycles. The zero-order chi connectivity index (χ0) is 12.7. The Morgan fingerprint density at radius 1 is 1.29 bits per heavy atom. The summed E-state index contributed by atoms with van der Waals surface area (Å²) in [4.78, 5) is 26.3. The number of ketones is 1. The number of aryl methyl sites for hydroxylation is 2. The van der Waals surface area contributed by atoms with Crippen molar-refractivity contribution in [1.29, 1.82) is 0 Å². The van der Waals surface area contributed by atoms with Gasteiger partial charge in [0.25, 0.3) is 0 Å². The van der Waals surface area contributed by atoms with Gasteiger partial charge in [0.2, 0.25) is 0 Å². The number of carbonyl (C=O) groups is 1. The number of halogens is 1. The highest BCUT2D eigenvalue weighted by atomic mass is 79.9. The first-order valence-electron chi connectivity index (χ1n) is 5.25. The minimum atomic E-state index is -0.137. The number of aromatic amines is 1. The highest BCUT2D eigenvalue weighted by molar-refractivity contribution is 9.10. The van der Waals surface area contributed by atoms with Gasteiger partial charge >= 0.3 is 0 Å². The van der Waals surface area contributed by atoms with Crippen LogP contribution < -0.4 is 5.43 Å². The SMILES string of the molecule is CC(=O)c1cc(=O)c2c(C)c(Br)c(C)cc2[nH]1. The summed E-state index contributed by atoms with van der Waals surface area (Å²) >= 11 is 3.46. The van der Waals surface area contributed by atoms with Gasteiger partial charge in [-0.2, -0.15) is 0 Å². The molecule has 0 aliphatic carbocycles. The van der Waals surface area contributed by atoms with Crippen LogP contribution in [0.25, 0.3) is 10.9 Å². The van der Waals surface area contributed by atoms with Crippen molar-refractivity contribution >= 4 is 32.6 Å². The fourth-order valence-electron chi connectivity index (χ4n) is 1.95. The summed E-state index contributed by atoms with van der Waals surface area (Å²) in [6, 6.07) is 3.24. The second-order valence-electron chi connectivity index (χ2n) is 4.16. The first kappa shape index (κ1) is 12.0.